The van der Waals surface area contributed by atoms with Crippen molar-refractivity contribution in [1.29, 1.82) is 0 Å². The van der Waals surface area contributed by atoms with Gasteiger partial charge in [0, 0.05) is 31.1 Å². The van der Waals surface area contributed by atoms with Crippen molar-refractivity contribution >= 4 is 17.4 Å². The first-order valence-electron chi connectivity index (χ1n) is 8.87. The lowest BCUT2D eigenvalue weighted by Crippen LogP contribution is -2.27. The van der Waals surface area contributed by atoms with Crippen LogP contribution >= 0.6 is 11.6 Å². The maximum Gasteiger partial charge on any atom is 0.391 e. The van der Waals surface area contributed by atoms with Gasteiger partial charge in [-0.25, -0.2) is 4.98 Å². The number of alkyl halides is 6. The SMILES string of the molecule is O=c1cc(Cl)n(CCCC(F)(F)F)c2nc([C@H]3CC[C@H](C(F)(F)F)CC3)cn12. The lowest BCUT2D eigenvalue weighted by atomic mass is 9.80. The lowest BCUT2D eigenvalue weighted by Gasteiger charge is -2.28. The molecule has 0 N–H and O–H groups in total. The third-order valence-electron chi connectivity index (χ3n) is 5.14. The summed E-state index contributed by atoms with van der Waals surface area (Å²) in [5.41, 5.74) is -0.0284. The van der Waals surface area contributed by atoms with Crippen LogP contribution < -0.4 is 5.56 Å². The Balaban J connectivity index is 1.84. The molecule has 1 fully saturated rings. The molecule has 0 aliphatic heterocycles. The van der Waals surface area contributed by atoms with Gasteiger partial charge in [0.25, 0.3) is 5.56 Å². The number of hydrogen-bond acceptors (Lipinski definition) is 2. The van der Waals surface area contributed by atoms with Crippen LogP contribution in [-0.4, -0.2) is 26.3 Å². The Labute approximate surface area is 161 Å². The Morgan fingerprint density at radius 3 is 2.32 bits per heavy atom. The summed E-state index contributed by atoms with van der Waals surface area (Å²) in [6, 6.07) is 1.09. The van der Waals surface area contributed by atoms with E-state index in [1.165, 1.54) is 15.2 Å². The minimum atomic E-state index is -4.31. The highest BCUT2D eigenvalue weighted by Crippen LogP contribution is 2.42. The topological polar surface area (TPSA) is 39.3 Å². The van der Waals surface area contributed by atoms with E-state index in [0.717, 1.165) is 6.07 Å². The van der Waals surface area contributed by atoms with E-state index in [9.17, 15) is 31.1 Å². The highest BCUT2D eigenvalue weighted by molar-refractivity contribution is 6.29. The predicted molar refractivity (Wildman–Crippen MR) is 90.5 cm³/mol. The summed E-state index contributed by atoms with van der Waals surface area (Å²) >= 11 is 6.03. The molecule has 1 aliphatic rings. The monoisotopic (exact) mass is 429 g/mol. The van der Waals surface area contributed by atoms with Gasteiger partial charge in [0.05, 0.1) is 11.6 Å². The largest absolute Gasteiger partial charge is 0.391 e. The molecule has 1 aliphatic carbocycles. The standard InChI is InChI=1S/C17H18ClF6N3O/c18-13-8-14(28)27-9-12(10-2-4-11(5-3-10)17(22,23)24)25-15(27)26(13)7-1-6-16(19,20)21/h8-11H,1-7H2/t10-,11-. The van der Waals surface area contributed by atoms with E-state index in [-0.39, 0.29) is 55.5 Å². The van der Waals surface area contributed by atoms with Gasteiger partial charge >= 0.3 is 12.4 Å². The third-order valence-corrected chi connectivity index (χ3v) is 5.45. The average molecular weight is 430 g/mol. The third kappa shape index (κ3) is 4.64. The van der Waals surface area contributed by atoms with Gasteiger partial charge in [0.15, 0.2) is 0 Å². The van der Waals surface area contributed by atoms with Crippen LogP contribution in [0.3, 0.4) is 0 Å². The van der Waals surface area contributed by atoms with Crippen molar-refractivity contribution in [3.8, 4) is 0 Å². The Bertz CT molecular complexity index is 893. The lowest BCUT2D eigenvalue weighted by molar-refractivity contribution is -0.182. The molecule has 0 amide bonds. The van der Waals surface area contributed by atoms with Crippen LogP contribution in [0.5, 0.6) is 0 Å². The normalized spacial score (nSPS) is 21.4. The van der Waals surface area contributed by atoms with Crippen molar-refractivity contribution in [2.24, 2.45) is 5.92 Å². The van der Waals surface area contributed by atoms with E-state index in [0.29, 0.717) is 5.69 Å². The molecule has 156 valence electrons. The van der Waals surface area contributed by atoms with Crippen LogP contribution in [-0.2, 0) is 6.54 Å². The predicted octanol–water partition coefficient (Wildman–Crippen LogP) is 5.33. The van der Waals surface area contributed by atoms with Crippen molar-refractivity contribution in [2.45, 2.75) is 63.3 Å². The van der Waals surface area contributed by atoms with Gasteiger partial charge < -0.3 is 4.57 Å². The molecule has 0 bridgehead atoms. The van der Waals surface area contributed by atoms with Gasteiger partial charge in [-0.05, 0) is 32.1 Å². The number of halogens is 7. The second-order valence-corrected chi connectivity index (χ2v) is 7.49. The zero-order valence-electron chi connectivity index (χ0n) is 14.7. The van der Waals surface area contributed by atoms with Gasteiger partial charge in [0.2, 0.25) is 5.78 Å². The quantitative estimate of drug-likeness (QED) is 0.487. The number of aromatic nitrogens is 3. The maximum atomic E-state index is 12.8. The molecule has 0 aromatic carbocycles. The van der Waals surface area contributed by atoms with E-state index in [2.05, 4.69) is 4.98 Å². The van der Waals surface area contributed by atoms with Gasteiger partial charge in [-0.1, -0.05) is 11.6 Å². The summed E-state index contributed by atoms with van der Waals surface area (Å²) in [5.74, 6) is -1.47. The Kier molecular flexibility index (Phi) is 5.71. The molecule has 4 nitrogen and oxygen atoms in total. The first kappa shape index (κ1) is 21.0. The summed E-state index contributed by atoms with van der Waals surface area (Å²) in [4.78, 5) is 16.5. The van der Waals surface area contributed by atoms with Crippen LogP contribution in [0.1, 0.15) is 50.1 Å². The number of rotatable bonds is 4. The zero-order chi connectivity index (χ0) is 20.7. The van der Waals surface area contributed by atoms with E-state index in [4.69, 9.17) is 11.6 Å². The molecule has 0 radical (unpaired) electrons. The number of aryl methyl sites for hydroxylation is 1. The second kappa shape index (κ2) is 7.61. The van der Waals surface area contributed by atoms with Crippen LogP contribution in [0.2, 0.25) is 5.15 Å². The van der Waals surface area contributed by atoms with Gasteiger partial charge in [-0.15, -0.1) is 0 Å². The van der Waals surface area contributed by atoms with Crippen LogP contribution in [0.15, 0.2) is 17.1 Å². The molecule has 3 rings (SSSR count). The molecular formula is C17H18ClF6N3O. The molecule has 0 saturated heterocycles. The number of imidazole rings is 1. The Morgan fingerprint density at radius 1 is 1.11 bits per heavy atom. The van der Waals surface area contributed by atoms with Crippen LogP contribution in [0.4, 0.5) is 26.3 Å². The van der Waals surface area contributed by atoms with Gasteiger partial charge in [0.1, 0.15) is 5.15 Å². The fourth-order valence-corrected chi connectivity index (χ4v) is 3.90. The minimum Gasteiger partial charge on any atom is -0.302 e. The molecule has 11 heteroatoms. The first-order chi connectivity index (χ1) is 13.0. The minimum absolute atomic E-state index is 0.0153. The molecule has 1 saturated carbocycles. The number of fused-ring (bicyclic) bond motifs is 1. The molecule has 28 heavy (non-hydrogen) atoms. The average Bonchev–Trinajstić information content (AvgIpc) is 3.02. The van der Waals surface area contributed by atoms with E-state index in [1.54, 1.807) is 0 Å². The molecular weight excluding hydrogens is 412 g/mol. The van der Waals surface area contributed by atoms with E-state index >= 15 is 0 Å². The summed E-state index contributed by atoms with van der Waals surface area (Å²) in [7, 11) is 0. The molecule has 2 aromatic heterocycles. The van der Waals surface area contributed by atoms with Crippen molar-refractivity contribution in [2.75, 3.05) is 0 Å². The van der Waals surface area contributed by atoms with Crippen molar-refractivity contribution in [3.63, 3.8) is 0 Å². The summed E-state index contributed by atoms with van der Waals surface area (Å²) < 4.78 is 78.2. The number of nitrogens with zero attached hydrogens (tertiary/aromatic N) is 3. The number of hydrogen-bond donors (Lipinski definition) is 0. The molecule has 2 aromatic rings. The van der Waals surface area contributed by atoms with Crippen molar-refractivity contribution in [1.82, 2.24) is 14.0 Å². The highest BCUT2D eigenvalue weighted by atomic mass is 35.5. The summed E-state index contributed by atoms with van der Waals surface area (Å²) in [6.45, 7) is -0.0839. The van der Waals surface area contributed by atoms with Gasteiger partial charge in [-0.2, -0.15) is 26.3 Å². The van der Waals surface area contributed by atoms with Crippen molar-refractivity contribution in [3.05, 3.63) is 33.5 Å². The fraction of sp³-hybridized carbons (Fsp3) is 0.647. The smallest absolute Gasteiger partial charge is 0.302 e. The van der Waals surface area contributed by atoms with Gasteiger partial charge in [-0.3, -0.25) is 9.20 Å². The van der Waals surface area contributed by atoms with Crippen molar-refractivity contribution < 1.29 is 26.3 Å². The maximum absolute atomic E-state index is 12.8. The Morgan fingerprint density at radius 2 is 1.75 bits per heavy atom. The van der Waals surface area contributed by atoms with E-state index in [1.807, 2.05) is 0 Å². The molecule has 2 heterocycles. The zero-order valence-corrected chi connectivity index (χ0v) is 15.4. The van der Waals surface area contributed by atoms with Crippen LogP contribution in [0.25, 0.3) is 5.78 Å². The highest BCUT2D eigenvalue weighted by Gasteiger charge is 2.42. The fourth-order valence-electron chi connectivity index (χ4n) is 3.64. The summed E-state index contributed by atoms with van der Waals surface area (Å²) in [6.07, 6.45) is -7.78. The van der Waals surface area contributed by atoms with Crippen LogP contribution in [0, 0.1) is 5.92 Å². The Hall–Kier alpha value is -1.71. The molecule has 0 atom stereocenters. The van der Waals surface area contributed by atoms with E-state index < -0.39 is 30.3 Å². The summed E-state index contributed by atoms with van der Waals surface area (Å²) in [5, 5.41) is -0.0300. The molecule has 0 spiro atoms. The first-order valence-corrected chi connectivity index (χ1v) is 9.25. The molecule has 0 unspecified atom stereocenters. The second-order valence-electron chi connectivity index (χ2n) is 7.10.